The Morgan fingerprint density at radius 3 is 2.95 bits per heavy atom. The van der Waals surface area contributed by atoms with Gasteiger partial charge >= 0.3 is 5.69 Å². The van der Waals surface area contributed by atoms with Gasteiger partial charge < -0.3 is 9.88 Å². The third kappa shape index (κ3) is 2.87. The van der Waals surface area contributed by atoms with Crippen LogP contribution in [0.3, 0.4) is 0 Å². The van der Waals surface area contributed by atoms with Crippen LogP contribution in [0.15, 0.2) is 30.6 Å². The monoisotopic (exact) mass is 264 g/mol. The number of benzene rings is 1. The fourth-order valence-corrected chi connectivity index (χ4v) is 1.79. The molecule has 0 spiro atoms. The van der Waals surface area contributed by atoms with Crippen LogP contribution in [-0.4, -0.2) is 21.0 Å². The van der Waals surface area contributed by atoms with Crippen molar-refractivity contribution in [3.05, 3.63) is 52.3 Å². The zero-order chi connectivity index (χ0) is 13.8. The molecule has 1 N–H and O–H groups in total. The molecule has 2 aromatic rings. The number of imidazole rings is 1. The van der Waals surface area contributed by atoms with E-state index in [1.54, 1.807) is 6.20 Å². The van der Waals surface area contributed by atoms with Gasteiger partial charge in [-0.2, -0.15) is 4.39 Å². The average molecular weight is 264 g/mol. The van der Waals surface area contributed by atoms with Crippen molar-refractivity contribution in [1.29, 1.82) is 0 Å². The summed E-state index contributed by atoms with van der Waals surface area (Å²) >= 11 is 0. The zero-order valence-electron chi connectivity index (χ0n) is 10.3. The first kappa shape index (κ1) is 13.0. The predicted octanol–water partition coefficient (Wildman–Crippen LogP) is 2.12. The van der Waals surface area contributed by atoms with Crippen LogP contribution in [0.5, 0.6) is 0 Å². The molecule has 19 heavy (non-hydrogen) atoms. The SMILES string of the molecule is Cn1ccnc1CCNc1cccc(F)c1[N+](=O)[O-]. The van der Waals surface area contributed by atoms with Crippen molar-refractivity contribution in [2.24, 2.45) is 7.05 Å². The number of anilines is 1. The number of rotatable bonds is 5. The predicted molar refractivity (Wildman–Crippen MR) is 68.5 cm³/mol. The van der Waals surface area contributed by atoms with E-state index >= 15 is 0 Å². The first-order valence-corrected chi connectivity index (χ1v) is 5.72. The van der Waals surface area contributed by atoms with Gasteiger partial charge in [-0.1, -0.05) is 6.07 Å². The molecule has 0 fully saturated rings. The first-order valence-electron chi connectivity index (χ1n) is 5.72. The van der Waals surface area contributed by atoms with E-state index in [1.807, 2.05) is 17.8 Å². The van der Waals surface area contributed by atoms with Crippen LogP contribution < -0.4 is 5.32 Å². The van der Waals surface area contributed by atoms with Crippen LogP contribution in [0.4, 0.5) is 15.8 Å². The van der Waals surface area contributed by atoms with Gasteiger partial charge in [0.25, 0.3) is 0 Å². The van der Waals surface area contributed by atoms with E-state index in [2.05, 4.69) is 10.3 Å². The molecule has 0 aliphatic rings. The van der Waals surface area contributed by atoms with Gasteiger partial charge in [-0.25, -0.2) is 4.98 Å². The summed E-state index contributed by atoms with van der Waals surface area (Å²) in [6.07, 6.45) is 4.09. The molecule has 0 amide bonds. The van der Waals surface area contributed by atoms with E-state index in [0.717, 1.165) is 11.9 Å². The van der Waals surface area contributed by atoms with Crippen LogP contribution >= 0.6 is 0 Å². The molecule has 100 valence electrons. The van der Waals surface area contributed by atoms with E-state index in [-0.39, 0.29) is 5.69 Å². The summed E-state index contributed by atoms with van der Waals surface area (Å²) in [5, 5.41) is 13.7. The van der Waals surface area contributed by atoms with Gasteiger partial charge in [0, 0.05) is 32.4 Å². The number of nitrogens with zero attached hydrogens (tertiary/aromatic N) is 3. The smallest absolute Gasteiger partial charge is 0.327 e. The Bertz CT molecular complexity index is 597. The second-order valence-corrected chi connectivity index (χ2v) is 4.02. The molecule has 0 unspecified atom stereocenters. The molecule has 2 rings (SSSR count). The minimum atomic E-state index is -0.841. The van der Waals surface area contributed by atoms with Crippen molar-refractivity contribution in [2.75, 3.05) is 11.9 Å². The van der Waals surface area contributed by atoms with Crippen molar-refractivity contribution in [2.45, 2.75) is 6.42 Å². The molecule has 1 heterocycles. The number of hydrogen-bond acceptors (Lipinski definition) is 4. The maximum atomic E-state index is 13.4. The molecule has 7 heteroatoms. The van der Waals surface area contributed by atoms with Crippen molar-refractivity contribution < 1.29 is 9.31 Å². The van der Waals surface area contributed by atoms with Crippen LogP contribution in [0.25, 0.3) is 0 Å². The quantitative estimate of drug-likeness (QED) is 0.663. The average Bonchev–Trinajstić information content (AvgIpc) is 2.75. The lowest BCUT2D eigenvalue weighted by molar-refractivity contribution is -0.386. The molecule has 0 radical (unpaired) electrons. The topological polar surface area (TPSA) is 73.0 Å². The highest BCUT2D eigenvalue weighted by atomic mass is 19.1. The van der Waals surface area contributed by atoms with Gasteiger partial charge in [0.15, 0.2) is 0 Å². The normalized spacial score (nSPS) is 10.4. The molecular formula is C12H13FN4O2. The van der Waals surface area contributed by atoms with Crippen molar-refractivity contribution in [3.8, 4) is 0 Å². The number of aryl methyl sites for hydroxylation is 1. The lowest BCUT2D eigenvalue weighted by Crippen LogP contribution is -2.10. The van der Waals surface area contributed by atoms with Crippen molar-refractivity contribution in [1.82, 2.24) is 9.55 Å². The lowest BCUT2D eigenvalue weighted by atomic mass is 10.2. The van der Waals surface area contributed by atoms with Crippen LogP contribution in [0.1, 0.15) is 5.82 Å². The number of nitrogens with one attached hydrogen (secondary N) is 1. The van der Waals surface area contributed by atoms with E-state index < -0.39 is 16.4 Å². The maximum Gasteiger partial charge on any atom is 0.327 e. The molecule has 0 saturated heterocycles. The van der Waals surface area contributed by atoms with Gasteiger partial charge in [0.2, 0.25) is 5.82 Å². The standard InChI is InChI=1S/C12H13FN4O2/c1-16-8-7-15-11(16)5-6-14-10-4-2-3-9(13)12(10)17(18)19/h2-4,7-8,14H,5-6H2,1H3. The minimum Gasteiger partial charge on any atom is -0.379 e. The van der Waals surface area contributed by atoms with Gasteiger partial charge in [0.1, 0.15) is 11.5 Å². The van der Waals surface area contributed by atoms with Crippen LogP contribution in [-0.2, 0) is 13.5 Å². The molecule has 1 aromatic heterocycles. The highest BCUT2D eigenvalue weighted by molar-refractivity contribution is 5.61. The first-order chi connectivity index (χ1) is 9.09. The summed E-state index contributed by atoms with van der Waals surface area (Å²) in [6.45, 7) is 0.440. The maximum absolute atomic E-state index is 13.4. The van der Waals surface area contributed by atoms with Crippen molar-refractivity contribution >= 4 is 11.4 Å². The van der Waals surface area contributed by atoms with Crippen LogP contribution in [0, 0.1) is 15.9 Å². The molecule has 0 aliphatic heterocycles. The summed E-state index contributed by atoms with van der Waals surface area (Å²) in [5.74, 6) is 0.0125. The largest absolute Gasteiger partial charge is 0.379 e. The molecule has 0 aliphatic carbocycles. The Hall–Kier alpha value is -2.44. The Kier molecular flexibility index (Phi) is 3.74. The second kappa shape index (κ2) is 5.47. The summed E-state index contributed by atoms with van der Waals surface area (Å²) in [7, 11) is 1.87. The fourth-order valence-electron chi connectivity index (χ4n) is 1.79. The van der Waals surface area contributed by atoms with E-state index in [9.17, 15) is 14.5 Å². The molecule has 0 saturated carbocycles. The highest BCUT2D eigenvalue weighted by Crippen LogP contribution is 2.26. The van der Waals surface area contributed by atoms with E-state index in [0.29, 0.717) is 13.0 Å². The highest BCUT2D eigenvalue weighted by Gasteiger charge is 2.19. The third-order valence-electron chi connectivity index (χ3n) is 2.75. The van der Waals surface area contributed by atoms with E-state index in [1.165, 1.54) is 12.1 Å². The van der Waals surface area contributed by atoms with Gasteiger partial charge in [-0.05, 0) is 12.1 Å². The number of hydrogen-bond donors (Lipinski definition) is 1. The Morgan fingerprint density at radius 2 is 2.32 bits per heavy atom. The molecule has 1 aromatic carbocycles. The number of nitro benzene ring substituents is 1. The Labute approximate surface area is 109 Å². The molecular weight excluding hydrogens is 251 g/mol. The minimum absolute atomic E-state index is 0.180. The number of para-hydroxylation sites is 1. The van der Waals surface area contributed by atoms with Gasteiger partial charge in [0.05, 0.1) is 4.92 Å². The lowest BCUT2D eigenvalue weighted by Gasteiger charge is -2.07. The zero-order valence-corrected chi connectivity index (χ0v) is 10.3. The van der Waals surface area contributed by atoms with Gasteiger partial charge in [-0.15, -0.1) is 0 Å². The summed E-state index contributed by atoms with van der Waals surface area (Å²) in [5.41, 5.74) is -0.346. The van der Waals surface area contributed by atoms with E-state index in [4.69, 9.17) is 0 Å². The summed E-state index contributed by atoms with van der Waals surface area (Å²) in [4.78, 5) is 14.2. The number of nitro groups is 1. The van der Waals surface area contributed by atoms with Crippen molar-refractivity contribution in [3.63, 3.8) is 0 Å². The summed E-state index contributed by atoms with van der Waals surface area (Å²) in [6, 6.07) is 3.99. The molecule has 0 atom stereocenters. The van der Waals surface area contributed by atoms with Gasteiger partial charge in [-0.3, -0.25) is 10.1 Å². The number of aromatic nitrogens is 2. The molecule has 6 nitrogen and oxygen atoms in total. The number of halogens is 1. The Morgan fingerprint density at radius 1 is 1.53 bits per heavy atom. The fraction of sp³-hybridized carbons (Fsp3) is 0.250. The molecule has 0 bridgehead atoms. The Balaban J connectivity index is 2.06. The third-order valence-corrected chi connectivity index (χ3v) is 2.75. The summed E-state index contributed by atoms with van der Waals surface area (Å²) < 4.78 is 15.2. The van der Waals surface area contributed by atoms with Crippen LogP contribution in [0.2, 0.25) is 0 Å². The second-order valence-electron chi connectivity index (χ2n) is 4.02.